The van der Waals surface area contributed by atoms with Gasteiger partial charge in [0.1, 0.15) is 0 Å². The minimum Gasteiger partial charge on any atom is -0.298 e. The Labute approximate surface area is 115 Å². The van der Waals surface area contributed by atoms with Gasteiger partial charge in [-0.3, -0.25) is 14.6 Å². The van der Waals surface area contributed by atoms with Crippen molar-refractivity contribution in [3.63, 3.8) is 0 Å². The summed E-state index contributed by atoms with van der Waals surface area (Å²) in [6.07, 6.45) is 0. The van der Waals surface area contributed by atoms with Gasteiger partial charge in [-0.15, -0.1) is 10.2 Å². The zero-order chi connectivity index (χ0) is 14.1. The molecule has 0 aliphatic rings. The molecule has 0 bridgehead atoms. The van der Waals surface area contributed by atoms with Crippen LogP contribution in [0.25, 0.3) is 10.8 Å². The summed E-state index contributed by atoms with van der Waals surface area (Å²) in [6.45, 7) is 1.80. The molecular formula is C15H14N4O. The van der Waals surface area contributed by atoms with E-state index in [0.717, 1.165) is 16.5 Å². The molecule has 0 spiro atoms. The summed E-state index contributed by atoms with van der Waals surface area (Å²) in [4.78, 5) is 11.9. The van der Waals surface area contributed by atoms with Crippen LogP contribution >= 0.6 is 0 Å². The van der Waals surface area contributed by atoms with Crippen LogP contribution in [0.1, 0.15) is 5.69 Å². The first-order chi connectivity index (χ1) is 9.66. The second-order valence-corrected chi connectivity index (χ2v) is 4.65. The minimum absolute atomic E-state index is 0.175. The van der Waals surface area contributed by atoms with E-state index in [1.165, 1.54) is 4.68 Å². The highest BCUT2D eigenvalue weighted by Crippen LogP contribution is 2.27. The number of azo groups is 1. The van der Waals surface area contributed by atoms with Crippen molar-refractivity contribution in [3.8, 4) is 0 Å². The Bertz CT molecular complexity index is 852. The Hall–Kier alpha value is -2.69. The lowest BCUT2D eigenvalue weighted by Crippen LogP contribution is -2.10. The lowest BCUT2D eigenvalue weighted by atomic mass is 10.1. The molecule has 3 aromatic rings. The van der Waals surface area contributed by atoms with Gasteiger partial charge in [0.15, 0.2) is 5.69 Å². The molecule has 100 valence electrons. The molecule has 0 aliphatic heterocycles. The quantitative estimate of drug-likeness (QED) is 0.708. The monoisotopic (exact) mass is 266 g/mol. The maximum absolute atomic E-state index is 11.9. The number of aromatic nitrogens is 2. The lowest BCUT2D eigenvalue weighted by molar-refractivity contribution is 0.731. The van der Waals surface area contributed by atoms with Crippen molar-refractivity contribution in [2.75, 3.05) is 0 Å². The van der Waals surface area contributed by atoms with Crippen molar-refractivity contribution >= 4 is 22.1 Å². The molecule has 0 unspecified atom stereocenters. The van der Waals surface area contributed by atoms with Crippen LogP contribution in [0, 0.1) is 6.92 Å². The first-order valence-electron chi connectivity index (χ1n) is 6.32. The van der Waals surface area contributed by atoms with Gasteiger partial charge < -0.3 is 0 Å². The Morgan fingerprint density at radius 2 is 1.80 bits per heavy atom. The Morgan fingerprint density at radius 3 is 2.55 bits per heavy atom. The zero-order valence-corrected chi connectivity index (χ0v) is 11.3. The van der Waals surface area contributed by atoms with Gasteiger partial charge >= 0.3 is 0 Å². The van der Waals surface area contributed by atoms with E-state index in [1.54, 1.807) is 14.0 Å². The SMILES string of the molecule is Cc1[nH]n(C)c(=O)c1N=Nc1cccc2ccccc12. The van der Waals surface area contributed by atoms with Gasteiger partial charge in [-0.25, -0.2) is 0 Å². The molecule has 0 saturated heterocycles. The molecule has 2 aromatic carbocycles. The second kappa shape index (κ2) is 4.77. The summed E-state index contributed by atoms with van der Waals surface area (Å²) in [5.41, 5.74) is 1.64. The van der Waals surface area contributed by atoms with E-state index in [9.17, 15) is 4.79 Å². The number of aromatic amines is 1. The fourth-order valence-corrected chi connectivity index (χ4v) is 2.19. The van der Waals surface area contributed by atoms with Crippen molar-refractivity contribution in [2.24, 2.45) is 17.3 Å². The van der Waals surface area contributed by atoms with E-state index in [4.69, 9.17) is 0 Å². The first-order valence-corrected chi connectivity index (χ1v) is 6.32. The maximum Gasteiger partial charge on any atom is 0.294 e. The topological polar surface area (TPSA) is 62.5 Å². The van der Waals surface area contributed by atoms with Crippen LogP contribution in [-0.2, 0) is 7.05 Å². The molecule has 1 aromatic heterocycles. The third kappa shape index (κ3) is 2.03. The molecule has 0 saturated carbocycles. The predicted molar refractivity (Wildman–Crippen MR) is 78.9 cm³/mol. The van der Waals surface area contributed by atoms with Gasteiger partial charge in [-0.2, -0.15) is 0 Å². The molecule has 20 heavy (non-hydrogen) atoms. The molecule has 5 heteroatoms. The van der Waals surface area contributed by atoms with Gasteiger partial charge in [0.05, 0.1) is 11.4 Å². The highest BCUT2D eigenvalue weighted by molar-refractivity contribution is 5.92. The van der Waals surface area contributed by atoms with Crippen LogP contribution in [0.15, 0.2) is 57.5 Å². The van der Waals surface area contributed by atoms with Crippen LogP contribution in [0.2, 0.25) is 0 Å². The normalized spacial score (nSPS) is 11.5. The molecule has 0 radical (unpaired) electrons. The Balaban J connectivity index is 2.09. The number of hydrogen-bond acceptors (Lipinski definition) is 3. The minimum atomic E-state index is -0.175. The molecule has 5 nitrogen and oxygen atoms in total. The van der Waals surface area contributed by atoms with Gasteiger partial charge in [-0.1, -0.05) is 36.4 Å². The second-order valence-electron chi connectivity index (χ2n) is 4.65. The number of aryl methyl sites for hydroxylation is 2. The number of H-pyrrole nitrogens is 1. The van der Waals surface area contributed by atoms with Crippen LogP contribution in [0.3, 0.4) is 0 Å². The number of nitrogens with one attached hydrogen (secondary N) is 1. The van der Waals surface area contributed by atoms with Crippen LogP contribution in [-0.4, -0.2) is 9.78 Å². The third-order valence-electron chi connectivity index (χ3n) is 3.22. The highest BCUT2D eigenvalue weighted by atomic mass is 16.1. The first kappa shape index (κ1) is 12.3. The number of fused-ring (bicyclic) bond motifs is 1. The number of rotatable bonds is 2. The third-order valence-corrected chi connectivity index (χ3v) is 3.22. The summed E-state index contributed by atoms with van der Waals surface area (Å²) < 4.78 is 1.40. The average molecular weight is 266 g/mol. The summed E-state index contributed by atoms with van der Waals surface area (Å²) in [5, 5.41) is 13.4. The molecule has 0 fully saturated rings. The van der Waals surface area contributed by atoms with E-state index >= 15 is 0 Å². The molecule has 0 amide bonds. The van der Waals surface area contributed by atoms with Crippen molar-refractivity contribution in [2.45, 2.75) is 6.92 Å². The fraction of sp³-hybridized carbons (Fsp3) is 0.133. The van der Waals surface area contributed by atoms with E-state index < -0.39 is 0 Å². The van der Waals surface area contributed by atoms with Crippen LogP contribution < -0.4 is 5.56 Å². The van der Waals surface area contributed by atoms with E-state index in [-0.39, 0.29) is 5.56 Å². The van der Waals surface area contributed by atoms with Gasteiger partial charge in [0.25, 0.3) is 5.56 Å². The van der Waals surface area contributed by atoms with Crippen LogP contribution in [0.5, 0.6) is 0 Å². The molecule has 3 rings (SSSR count). The maximum atomic E-state index is 11.9. The molecule has 1 N–H and O–H groups in total. The van der Waals surface area contributed by atoms with Crippen molar-refractivity contribution in [1.29, 1.82) is 0 Å². The smallest absolute Gasteiger partial charge is 0.294 e. The highest BCUT2D eigenvalue weighted by Gasteiger charge is 2.07. The van der Waals surface area contributed by atoms with Gasteiger partial charge in [0, 0.05) is 12.4 Å². The fourth-order valence-electron chi connectivity index (χ4n) is 2.19. The zero-order valence-electron chi connectivity index (χ0n) is 11.3. The Kier molecular flexibility index (Phi) is 2.95. The standard InChI is InChI=1S/C15H14N4O/c1-10-14(15(20)19(2)18-10)17-16-13-9-5-7-11-6-3-4-8-12(11)13/h3-9,18H,1-2H3. The van der Waals surface area contributed by atoms with Crippen molar-refractivity contribution in [3.05, 3.63) is 58.5 Å². The molecule has 1 heterocycles. The van der Waals surface area contributed by atoms with E-state index in [1.807, 2.05) is 42.5 Å². The lowest BCUT2D eigenvalue weighted by Gasteiger charge is -1.99. The number of nitrogens with zero attached hydrogens (tertiary/aromatic N) is 3. The van der Waals surface area contributed by atoms with Crippen molar-refractivity contribution < 1.29 is 0 Å². The molecule has 0 atom stereocenters. The average Bonchev–Trinajstić information content (AvgIpc) is 2.70. The summed E-state index contributed by atoms with van der Waals surface area (Å²) in [7, 11) is 1.66. The predicted octanol–water partition coefficient (Wildman–Crippen LogP) is 3.59. The molecule has 0 aliphatic carbocycles. The largest absolute Gasteiger partial charge is 0.298 e. The van der Waals surface area contributed by atoms with Crippen molar-refractivity contribution in [1.82, 2.24) is 9.78 Å². The van der Waals surface area contributed by atoms with Gasteiger partial charge in [0.2, 0.25) is 0 Å². The molecular weight excluding hydrogens is 252 g/mol. The Morgan fingerprint density at radius 1 is 1.05 bits per heavy atom. The number of benzene rings is 2. The summed E-state index contributed by atoms with van der Waals surface area (Å²) in [6, 6.07) is 13.8. The van der Waals surface area contributed by atoms with Crippen LogP contribution in [0.4, 0.5) is 11.4 Å². The van der Waals surface area contributed by atoms with E-state index in [2.05, 4.69) is 15.3 Å². The van der Waals surface area contributed by atoms with E-state index in [0.29, 0.717) is 11.4 Å². The summed E-state index contributed by atoms with van der Waals surface area (Å²) in [5.74, 6) is 0. The summed E-state index contributed by atoms with van der Waals surface area (Å²) >= 11 is 0. The number of hydrogen-bond donors (Lipinski definition) is 1. The van der Waals surface area contributed by atoms with Gasteiger partial charge in [-0.05, 0) is 18.4 Å².